The van der Waals surface area contributed by atoms with Crippen LogP contribution in [0.15, 0.2) is 6.20 Å². The summed E-state index contributed by atoms with van der Waals surface area (Å²) in [5.41, 5.74) is 0.678. The zero-order valence-corrected chi connectivity index (χ0v) is 14.6. The Morgan fingerprint density at radius 3 is 2.62 bits per heavy atom. The van der Waals surface area contributed by atoms with E-state index >= 15 is 0 Å². The van der Waals surface area contributed by atoms with Gasteiger partial charge in [-0.1, -0.05) is 0 Å². The highest BCUT2D eigenvalue weighted by molar-refractivity contribution is 5.95. The van der Waals surface area contributed by atoms with Crippen LogP contribution < -0.4 is 15.1 Å². The normalized spacial score (nSPS) is 19.2. The first kappa shape index (κ1) is 17.0. The lowest BCUT2D eigenvalue weighted by Crippen LogP contribution is -2.32. The Bertz CT molecular complexity index is 566. The van der Waals surface area contributed by atoms with Crippen LogP contribution >= 0.6 is 0 Å². The van der Waals surface area contributed by atoms with Crippen molar-refractivity contribution in [1.29, 1.82) is 0 Å². The monoisotopic (exact) mass is 333 g/mol. The second-order valence-electron chi connectivity index (χ2n) is 6.73. The first-order valence-corrected chi connectivity index (χ1v) is 8.83. The molecule has 1 N–H and O–H groups in total. The molecule has 2 saturated heterocycles. The molecule has 24 heavy (non-hydrogen) atoms. The molecule has 2 fully saturated rings. The first-order valence-electron chi connectivity index (χ1n) is 8.83. The molecule has 0 unspecified atom stereocenters. The fraction of sp³-hybridized carbons (Fsp3) is 0.706. The molecule has 2 aliphatic rings. The molecule has 0 radical (unpaired) electrons. The van der Waals surface area contributed by atoms with E-state index in [2.05, 4.69) is 15.2 Å². The molecular weight excluding hydrogens is 306 g/mol. The van der Waals surface area contributed by atoms with Gasteiger partial charge in [-0.05, 0) is 32.1 Å². The fourth-order valence-electron chi connectivity index (χ4n) is 3.23. The highest BCUT2D eigenvalue weighted by atomic mass is 16.5. The van der Waals surface area contributed by atoms with Crippen molar-refractivity contribution in [3.63, 3.8) is 0 Å². The fourth-order valence-corrected chi connectivity index (χ4v) is 3.23. The minimum atomic E-state index is 0.00975. The molecule has 3 heterocycles. The van der Waals surface area contributed by atoms with Crippen LogP contribution in [0.2, 0.25) is 0 Å². The number of carbonyl (C=O) groups excluding carboxylic acids is 1. The molecule has 1 aromatic rings. The average molecular weight is 333 g/mol. The summed E-state index contributed by atoms with van der Waals surface area (Å²) in [4.78, 5) is 25.8. The molecule has 0 spiro atoms. The summed E-state index contributed by atoms with van der Waals surface area (Å²) in [6, 6.07) is 0. The largest absolute Gasteiger partial charge is 0.381 e. The third-order valence-corrected chi connectivity index (χ3v) is 4.67. The molecule has 3 rings (SSSR count). The van der Waals surface area contributed by atoms with E-state index in [9.17, 15) is 4.79 Å². The van der Waals surface area contributed by atoms with Crippen LogP contribution in [0, 0.1) is 5.92 Å². The van der Waals surface area contributed by atoms with Gasteiger partial charge in [0.2, 0.25) is 11.9 Å². The van der Waals surface area contributed by atoms with Crippen LogP contribution in [0.4, 0.5) is 17.5 Å². The number of carbonyl (C=O) groups is 1. The number of anilines is 3. The van der Waals surface area contributed by atoms with Gasteiger partial charge in [-0.15, -0.1) is 0 Å². The lowest BCUT2D eigenvalue weighted by molar-refractivity contribution is -0.122. The van der Waals surface area contributed by atoms with Gasteiger partial charge in [-0.3, -0.25) is 4.79 Å². The Morgan fingerprint density at radius 2 is 1.96 bits per heavy atom. The van der Waals surface area contributed by atoms with E-state index in [-0.39, 0.29) is 11.8 Å². The van der Waals surface area contributed by atoms with Crippen LogP contribution in [-0.2, 0) is 9.53 Å². The van der Waals surface area contributed by atoms with E-state index in [4.69, 9.17) is 9.72 Å². The maximum absolute atomic E-state index is 12.5. The molecule has 0 aliphatic carbocycles. The SMILES string of the molecule is CN(C)c1nc(N2CCCCC2)ncc1NC(=O)C1CCOCC1. The Balaban J connectivity index is 1.75. The van der Waals surface area contributed by atoms with E-state index in [1.54, 1.807) is 6.20 Å². The van der Waals surface area contributed by atoms with Crippen LogP contribution in [0.3, 0.4) is 0 Å². The predicted molar refractivity (Wildman–Crippen MR) is 94.6 cm³/mol. The molecule has 7 heteroatoms. The molecular formula is C17H27N5O2. The Labute approximate surface area is 143 Å². The number of hydrogen-bond donors (Lipinski definition) is 1. The topological polar surface area (TPSA) is 70.6 Å². The summed E-state index contributed by atoms with van der Waals surface area (Å²) in [7, 11) is 3.87. The molecule has 0 atom stereocenters. The number of ether oxygens (including phenoxy) is 1. The van der Waals surface area contributed by atoms with Gasteiger partial charge in [0.15, 0.2) is 5.82 Å². The smallest absolute Gasteiger partial charge is 0.227 e. The third kappa shape index (κ3) is 3.95. The van der Waals surface area contributed by atoms with Crippen LogP contribution in [-0.4, -0.2) is 56.3 Å². The number of rotatable bonds is 4. The van der Waals surface area contributed by atoms with E-state index in [0.717, 1.165) is 37.7 Å². The molecule has 0 bridgehead atoms. The van der Waals surface area contributed by atoms with Gasteiger partial charge >= 0.3 is 0 Å². The number of amides is 1. The predicted octanol–water partition coefficient (Wildman–Crippen LogP) is 1.90. The maximum Gasteiger partial charge on any atom is 0.227 e. The molecule has 1 aromatic heterocycles. The second-order valence-corrected chi connectivity index (χ2v) is 6.73. The molecule has 1 amide bonds. The number of nitrogens with zero attached hydrogens (tertiary/aromatic N) is 4. The summed E-state index contributed by atoms with van der Waals surface area (Å²) in [6.07, 6.45) is 6.93. The van der Waals surface area contributed by atoms with Crippen LogP contribution in [0.1, 0.15) is 32.1 Å². The second kappa shape index (κ2) is 7.79. The van der Waals surface area contributed by atoms with Crippen molar-refractivity contribution in [1.82, 2.24) is 9.97 Å². The highest BCUT2D eigenvalue weighted by Crippen LogP contribution is 2.26. The van der Waals surface area contributed by atoms with Crippen molar-refractivity contribution >= 4 is 23.4 Å². The van der Waals surface area contributed by atoms with Gasteiger partial charge in [0.25, 0.3) is 0 Å². The van der Waals surface area contributed by atoms with Crippen LogP contribution in [0.25, 0.3) is 0 Å². The van der Waals surface area contributed by atoms with E-state index in [1.807, 2.05) is 19.0 Å². The number of nitrogens with one attached hydrogen (secondary N) is 1. The van der Waals surface area contributed by atoms with Crippen molar-refractivity contribution < 1.29 is 9.53 Å². The average Bonchev–Trinajstić information content (AvgIpc) is 2.63. The summed E-state index contributed by atoms with van der Waals surface area (Å²) in [5.74, 6) is 1.56. The first-order chi connectivity index (χ1) is 11.6. The summed E-state index contributed by atoms with van der Waals surface area (Å²) in [6.45, 7) is 3.31. The zero-order valence-electron chi connectivity index (χ0n) is 14.6. The lowest BCUT2D eigenvalue weighted by atomic mass is 9.99. The molecule has 132 valence electrons. The van der Waals surface area contributed by atoms with Gasteiger partial charge < -0.3 is 19.9 Å². The van der Waals surface area contributed by atoms with Crippen LogP contribution in [0.5, 0.6) is 0 Å². The van der Waals surface area contributed by atoms with Crippen molar-refractivity contribution in [3.05, 3.63) is 6.20 Å². The van der Waals surface area contributed by atoms with Gasteiger partial charge in [-0.25, -0.2) is 4.98 Å². The van der Waals surface area contributed by atoms with Gasteiger partial charge in [-0.2, -0.15) is 4.98 Å². The third-order valence-electron chi connectivity index (χ3n) is 4.67. The van der Waals surface area contributed by atoms with E-state index in [1.165, 1.54) is 19.3 Å². The van der Waals surface area contributed by atoms with Crippen molar-refractivity contribution in [3.8, 4) is 0 Å². The molecule has 2 aliphatic heterocycles. The van der Waals surface area contributed by atoms with Crippen molar-refractivity contribution in [2.45, 2.75) is 32.1 Å². The van der Waals surface area contributed by atoms with E-state index in [0.29, 0.717) is 18.9 Å². The van der Waals surface area contributed by atoms with E-state index < -0.39 is 0 Å². The zero-order chi connectivity index (χ0) is 16.9. The maximum atomic E-state index is 12.5. The molecule has 7 nitrogen and oxygen atoms in total. The van der Waals surface area contributed by atoms with Crippen molar-refractivity contribution in [2.75, 3.05) is 55.5 Å². The minimum Gasteiger partial charge on any atom is -0.381 e. The Hall–Kier alpha value is -1.89. The minimum absolute atomic E-state index is 0.00975. The summed E-state index contributed by atoms with van der Waals surface area (Å²) in [5, 5.41) is 3.01. The Morgan fingerprint density at radius 1 is 1.25 bits per heavy atom. The Kier molecular flexibility index (Phi) is 5.50. The molecule has 0 saturated carbocycles. The lowest BCUT2D eigenvalue weighted by Gasteiger charge is -2.28. The number of piperidine rings is 1. The van der Waals surface area contributed by atoms with Gasteiger partial charge in [0.05, 0.1) is 6.20 Å². The quantitative estimate of drug-likeness (QED) is 0.907. The summed E-state index contributed by atoms with van der Waals surface area (Å²) < 4.78 is 5.33. The number of aromatic nitrogens is 2. The van der Waals surface area contributed by atoms with Gasteiger partial charge in [0, 0.05) is 46.3 Å². The molecule has 0 aromatic carbocycles. The highest BCUT2D eigenvalue weighted by Gasteiger charge is 2.23. The van der Waals surface area contributed by atoms with Crippen molar-refractivity contribution in [2.24, 2.45) is 5.92 Å². The number of hydrogen-bond acceptors (Lipinski definition) is 6. The standard InChI is InChI=1S/C17H27N5O2/c1-21(2)15-14(19-16(23)13-6-10-24-11-7-13)12-18-17(20-15)22-8-4-3-5-9-22/h12-13H,3-11H2,1-2H3,(H,19,23). The van der Waals surface area contributed by atoms with Gasteiger partial charge in [0.1, 0.15) is 5.69 Å². The summed E-state index contributed by atoms with van der Waals surface area (Å²) >= 11 is 0.